The summed E-state index contributed by atoms with van der Waals surface area (Å²) in [6.45, 7) is 3.72. The van der Waals surface area contributed by atoms with Crippen LogP contribution >= 0.6 is 18.6 Å². The van der Waals surface area contributed by atoms with E-state index in [4.69, 9.17) is 18.6 Å². The molecule has 0 radical (unpaired) electrons. The maximum atomic E-state index is 10.6. The minimum absolute atomic E-state index is 0.185. The Labute approximate surface area is 171 Å². The minimum atomic E-state index is -0.858. The monoisotopic (exact) mass is 418 g/mol. The fourth-order valence-electron chi connectivity index (χ4n) is 3.80. The van der Waals surface area contributed by atoms with Gasteiger partial charge in [0.2, 0.25) is 0 Å². The van der Waals surface area contributed by atoms with Crippen LogP contribution in [-0.2, 0) is 22.6 Å². The molecule has 0 aliphatic heterocycles. The summed E-state index contributed by atoms with van der Waals surface area (Å²) in [6, 6.07) is 25.5. The summed E-state index contributed by atoms with van der Waals surface area (Å²) in [6.07, 6.45) is 0. The molecule has 1 aliphatic carbocycles. The summed E-state index contributed by atoms with van der Waals surface area (Å²) in [5, 5.41) is 10.6. The molecule has 0 heterocycles. The Balaban J connectivity index is 0.000000613. The SMILES string of the molecule is CC(C)(O)c1ccccc1C1c2ccccc2-c2ccccc21.[Cl][Ti][Cl]. The van der Waals surface area contributed by atoms with E-state index >= 15 is 0 Å². The van der Waals surface area contributed by atoms with Crippen LogP contribution < -0.4 is 0 Å². The summed E-state index contributed by atoms with van der Waals surface area (Å²) in [7, 11) is 9.78. The topological polar surface area (TPSA) is 20.2 Å². The van der Waals surface area contributed by atoms with Crippen molar-refractivity contribution in [2.45, 2.75) is 25.4 Å². The zero-order chi connectivity index (χ0) is 18.7. The molecule has 0 saturated carbocycles. The van der Waals surface area contributed by atoms with Crippen LogP contribution in [0.2, 0.25) is 0 Å². The second-order valence-corrected chi connectivity index (χ2v) is 9.40. The molecule has 1 N–H and O–H groups in total. The van der Waals surface area contributed by atoms with E-state index in [1.165, 1.54) is 27.8 Å². The van der Waals surface area contributed by atoms with Gasteiger partial charge in [0.15, 0.2) is 0 Å². The predicted molar refractivity (Wildman–Crippen MR) is 106 cm³/mol. The molecular formula is C22H20Cl2OTi. The van der Waals surface area contributed by atoms with Crippen molar-refractivity contribution in [1.82, 2.24) is 0 Å². The van der Waals surface area contributed by atoms with Gasteiger partial charge in [-0.3, -0.25) is 0 Å². The summed E-state index contributed by atoms with van der Waals surface area (Å²) >= 11 is -0.556. The molecule has 0 aromatic heterocycles. The first-order valence-electron chi connectivity index (χ1n) is 8.45. The number of hydrogen-bond donors (Lipinski definition) is 1. The van der Waals surface area contributed by atoms with Gasteiger partial charge in [0.05, 0.1) is 5.60 Å². The van der Waals surface area contributed by atoms with Gasteiger partial charge in [0.1, 0.15) is 0 Å². The number of benzene rings is 3. The summed E-state index contributed by atoms with van der Waals surface area (Å²) < 4.78 is 0. The Bertz CT molecular complexity index is 857. The molecule has 0 amide bonds. The molecule has 26 heavy (non-hydrogen) atoms. The van der Waals surface area contributed by atoms with Crippen molar-refractivity contribution >= 4 is 18.6 Å². The van der Waals surface area contributed by atoms with Crippen molar-refractivity contribution in [1.29, 1.82) is 0 Å². The van der Waals surface area contributed by atoms with E-state index in [2.05, 4.69) is 60.7 Å². The maximum absolute atomic E-state index is 10.6. The van der Waals surface area contributed by atoms with Crippen LogP contribution in [0.15, 0.2) is 72.8 Å². The average Bonchev–Trinajstić information content (AvgIpc) is 2.96. The van der Waals surface area contributed by atoms with Crippen molar-refractivity contribution in [2.75, 3.05) is 0 Å². The number of halogens is 2. The fraction of sp³-hybridized carbons (Fsp3) is 0.182. The van der Waals surface area contributed by atoms with Crippen LogP contribution in [-0.4, -0.2) is 5.11 Å². The van der Waals surface area contributed by atoms with Crippen molar-refractivity contribution in [3.05, 3.63) is 95.1 Å². The molecule has 1 aliphatic rings. The first-order valence-corrected chi connectivity index (χ1v) is 12.7. The summed E-state index contributed by atoms with van der Waals surface area (Å²) in [5.41, 5.74) is 6.59. The molecule has 4 heteroatoms. The third kappa shape index (κ3) is 3.79. The Morgan fingerprint density at radius 2 is 1.12 bits per heavy atom. The van der Waals surface area contributed by atoms with Gasteiger partial charge in [-0.1, -0.05) is 72.8 Å². The molecule has 0 unspecified atom stereocenters. The first kappa shape index (κ1) is 19.7. The van der Waals surface area contributed by atoms with E-state index < -0.39 is 22.6 Å². The normalized spacial score (nSPS) is 12.7. The fourth-order valence-corrected chi connectivity index (χ4v) is 3.80. The molecule has 0 spiro atoms. The van der Waals surface area contributed by atoms with Crippen LogP contribution in [0, 0.1) is 0 Å². The molecule has 1 nitrogen and oxygen atoms in total. The van der Waals surface area contributed by atoms with Crippen LogP contribution in [0.5, 0.6) is 0 Å². The van der Waals surface area contributed by atoms with E-state index in [0.717, 1.165) is 5.56 Å². The molecule has 0 saturated heterocycles. The van der Waals surface area contributed by atoms with E-state index in [9.17, 15) is 5.11 Å². The predicted octanol–water partition coefficient (Wildman–Crippen LogP) is 6.45. The van der Waals surface area contributed by atoms with Crippen molar-refractivity contribution < 1.29 is 22.1 Å². The Kier molecular flexibility index (Phi) is 6.27. The Morgan fingerprint density at radius 3 is 1.58 bits per heavy atom. The Hall–Kier alpha value is -1.09. The zero-order valence-corrected chi connectivity index (χ0v) is 17.8. The first-order chi connectivity index (χ1) is 12.5. The van der Waals surface area contributed by atoms with Crippen LogP contribution in [0.1, 0.15) is 42.0 Å². The van der Waals surface area contributed by atoms with Crippen molar-refractivity contribution in [3.63, 3.8) is 0 Å². The molecule has 3 aromatic carbocycles. The molecule has 0 bridgehead atoms. The standard InChI is InChI=1S/C22H20O.2ClH.Ti/c1-22(2,23)20-14-8-7-13-19(20)21-17-11-5-3-9-15(17)16-10-4-6-12-18(16)21;;;/h3-14,21,23H,1-2H3;2*1H;/q;;;+2/p-2. The van der Waals surface area contributed by atoms with E-state index in [-0.39, 0.29) is 5.92 Å². The number of hydrogen-bond acceptors (Lipinski definition) is 1. The van der Waals surface area contributed by atoms with Gasteiger partial charge in [-0.15, -0.1) is 0 Å². The third-order valence-corrected chi connectivity index (χ3v) is 4.76. The van der Waals surface area contributed by atoms with Crippen LogP contribution in [0.4, 0.5) is 0 Å². The summed E-state index contributed by atoms with van der Waals surface area (Å²) in [5.74, 6) is 0.185. The van der Waals surface area contributed by atoms with Gasteiger partial charge < -0.3 is 5.11 Å². The molecule has 0 atom stereocenters. The van der Waals surface area contributed by atoms with E-state index in [1.807, 2.05) is 26.0 Å². The van der Waals surface area contributed by atoms with Gasteiger partial charge in [-0.2, -0.15) is 0 Å². The molecule has 3 aromatic rings. The molecule has 0 fully saturated rings. The number of fused-ring (bicyclic) bond motifs is 3. The van der Waals surface area contributed by atoms with Gasteiger partial charge >= 0.3 is 35.6 Å². The van der Waals surface area contributed by atoms with E-state index in [0.29, 0.717) is 0 Å². The second-order valence-electron chi connectivity index (χ2n) is 6.83. The van der Waals surface area contributed by atoms with Gasteiger partial charge in [0.25, 0.3) is 0 Å². The third-order valence-electron chi connectivity index (χ3n) is 4.76. The van der Waals surface area contributed by atoms with Gasteiger partial charge in [-0.05, 0) is 47.2 Å². The van der Waals surface area contributed by atoms with Crippen molar-refractivity contribution in [3.8, 4) is 11.1 Å². The second kappa shape index (κ2) is 8.29. The van der Waals surface area contributed by atoms with Crippen molar-refractivity contribution in [2.24, 2.45) is 0 Å². The van der Waals surface area contributed by atoms with Gasteiger partial charge in [0, 0.05) is 5.92 Å². The molecular weight excluding hydrogens is 399 g/mol. The van der Waals surface area contributed by atoms with E-state index in [1.54, 1.807) is 0 Å². The molecule has 4 rings (SSSR count). The Morgan fingerprint density at radius 1 is 0.731 bits per heavy atom. The van der Waals surface area contributed by atoms with Crippen LogP contribution in [0.3, 0.4) is 0 Å². The average molecular weight is 419 g/mol. The molecule has 132 valence electrons. The zero-order valence-electron chi connectivity index (χ0n) is 14.7. The summed E-state index contributed by atoms with van der Waals surface area (Å²) in [4.78, 5) is 0. The van der Waals surface area contributed by atoms with Gasteiger partial charge in [-0.25, -0.2) is 0 Å². The number of aliphatic hydroxyl groups is 1. The quantitative estimate of drug-likeness (QED) is 0.370. The van der Waals surface area contributed by atoms with Crippen LogP contribution in [0.25, 0.3) is 11.1 Å². The number of rotatable bonds is 2.